The second-order valence-electron chi connectivity index (χ2n) is 10.7. The summed E-state index contributed by atoms with van der Waals surface area (Å²) in [6, 6.07) is 21.0. The van der Waals surface area contributed by atoms with Crippen LogP contribution < -0.4 is 19.5 Å². The summed E-state index contributed by atoms with van der Waals surface area (Å²) in [6.07, 6.45) is 4.90. The van der Waals surface area contributed by atoms with Gasteiger partial charge in [-0.05, 0) is 53.4 Å². The Bertz CT molecular complexity index is 1550. The van der Waals surface area contributed by atoms with Gasteiger partial charge in [-0.15, -0.1) is 0 Å². The van der Waals surface area contributed by atoms with Gasteiger partial charge >= 0.3 is 6.09 Å². The van der Waals surface area contributed by atoms with E-state index in [-0.39, 0.29) is 37.2 Å². The molecule has 2 aliphatic rings. The molecule has 1 atom stereocenters. The fourth-order valence-corrected chi connectivity index (χ4v) is 5.36. The third kappa shape index (κ3) is 6.74. The highest BCUT2D eigenvalue weighted by Gasteiger charge is 2.29. The lowest BCUT2D eigenvalue weighted by molar-refractivity contribution is -0.121. The van der Waals surface area contributed by atoms with Crippen molar-refractivity contribution in [3.8, 4) is 28.4 Å². The number of hydrogen-bond acceptors (Lipinski definition) is 7. The average molecular weight is 583 g/mol. The summed E-state index contributed by atoms with van der Waals surface area (Å²) < 4.78 is 23.2. The second kappa shape index (κ2) is 12.9. The molecule has 2 N–H and O–H groups in total. The minimum atomic E-state index is -0.369. The summed E-state index contributed by atoms with van der Waals surface area (Å²) in [7, 11) is 1.62. The number of piperidine rings is 1. The molecule has 0 saturated carbocycles. The number of amides is 2. The van der Waals surface area contributed by atoms with E-state index >= 15 is 0 Å². The fourth-order valence-electron chi connectivity index (χ4n) is 5.36. The minimum Gasteiger partial charge on any atom is -0.497 e. The van der Waals surface area contributed by atoms with Crippen molar-refractivity contribution in [1.82, 2.24) is 15.1 Å². The van der Waals surface area contributed by atoms with Crippen LogP contribution in [0, 0.1) is 5.92 Å². The fraction of sp³-hybridized carbons (Fsp3) is 0.303. The van der Waals surface area contributed by atoms with Gasteiger partial charge in [0.2, 0.25) is 5.91 Å². The van der Waals surface area contributed by atoms with Crippen molar-refractivity contribution in [2.45, 2.75) is 32.0 Å². The first-order chi connectivity index (χ1) is 21.1. The second-order valence-corrected chi connectivity index (χ2v) is 10.7. The summed E-state index contributed by atoms with van der Waals surface area (Å²) in [4.78, 5) is 27.8. The van der Waals surface area contributed by atoms with E-state index in [1.807, 2.05) is 72.9 Å². The Labute approximate surface area is 249 Å². The zero-order valence-corrected chi connectivity index (χ0v) is 24.0. The van der Waals surface area contributed by atoms with Gasteiger partial charge in [0.1, 0.15) is 36.6 Å². The van der Waals surface area contributed by atoms with Gasteiger partial charge in [-0.2, -0.15) is 5.10 Å². The smallest absolute Gasteiger partial charge is 0.410 e. The number of nitrogens with zero attached hydrogens (tertiary/aromatic N) is 2. The van der Waals surface area contributed by atoms with Gasteiger partial charge in [-0.3, -0.25) is 9.89 Å². The monoisotopic (exact) mass is 582 g/mol. The number of likely N-dealkylation sites (tertiary alicyclic amines) is 1. The number of carbonyl (C=O) groups excluding carboxylic acids is 2. The van der Waals surface area contributed by atoms with Gasteiger partial charge in [-0.1, -0.05) is 36.4 Å². The van der Waals surface area contributed by atoms with Crippen molar-refractivity contribution < 1.29 is 28.5 Å². The maximum Gasteiger partial charge on any atom is 0.410 e. The third-order valence-electron chi connectivity index (χ3n) is 7.81. The molecule has 1 unspecified atom stereocenters. The molecular formula is C33H34N4O6. The Morgan fingerprint density at radius 1 is 1.05 bits per heavy atom. The third-order valence-corrected chi connectivity index (χ3v) is 7.81. The number of H-pyrrole nitrogens is 1. The highest BCUT2D eigenvalue weighted by Crippen LogP contribution is 2.35. The number of rotatable bonds is 8. The predicted octanol–water partition coefficient (Wildman–Crippen LogP) is 5.46. The molecule has 2 aliphatic heterocycles. The number of ether oxygens (including phenoxy) is 4. The lowest BCUT2D eigenvalue weighted by Crippen LogP contribution is -2.42. The van der Waals surface area contributed by atoms with Gasteiger partial charge in [-0.25, -0.2) is 4.79 Å². The van der Waals surface area contributed by atoms with E-state index in [9.17, 15) is 9.59 Å². The molecule has 0 spiro atoms. The molecule has 222 valence electrons. The quantitative estimate of drug-likeness (QED) is 0.284. The van der Waals surface area contributed by atoms with Crippen molar-refractivity contribution in [2.24, 2.45) is 5.92 Å². The molecule has 0 aliphatic carbocycles. The molecule has 2 amide bonds. The number of hydrogen-bond donors (Lipinski definition) is 2. The Balaban J connectivity index is 1.11. The van der Waals surface area contributed by atoms with Crippen LogP contribution in [0.3, 0.4) is 0 Å². The van der Waals surface area contributed by atoms with Crippen molar-refractivity contribution in [3.63, 3.8) is 0 Å². The number of benzene rings is 3. The zero-order chi connectivity index (χ0) is 29.6. The van der Waals surface area contributed by atoms with Crippen LogP contribution in [-0.2, 0) is 22.6 Å². The maximum absolute atomic E-state index is 13.4. The predicted molar refractivity (Wildman–Crippen MR) is 160 cm³/mol. The molecule has 10 heteroatoms. The minimum absolute atomic E-state index is 0.134. The average Bonchev–Trinajstić information content (AvgIpc) is 3.60. The molecule has 6 rings (SSSR count). The lowest BCUT2D eigenvalue weighted by atomic mass is 9.95. The Kier molecular flexibility index (Phi) is 8.44. The van der Waals surface area contributed by atoms with Crippen LogP contribution in [0.5, 0.6) is 17.2 Å². The molecule has 1 saturated heterocycles. The van der Waals surface area contributed by atoms with Crippen LogP contribution in [0.1, 0.15) is 24.0 Å². The molecule has 3 aromatic carbocycles. The topological polar surface area (TPSA) is 115 Å². The number of aromatic nitrogens is 2. The van der Waals surface area contributed by atoms with Crippen LogP contribution in [-0.4, -0.2) is 60.0 Å². The van der Waals surface area contributed by atoms with Gasteiger partial charge in [0.15, 0.2) is 0 Å². The van der Waals surface area contributed by atoms with Gasteiger partial charge in [0.05, 0.1) is 24.9 Å². The van der Waals surface area contributed by atoms with E-state index in [0.717, 1.165) is 33.8 Å². The molecule has 43 heavy (non-hydrogen) atoms. The number of fused-ring (bicyclic) bond motifs is 1. The van der Waals surface area contributed by atoms with E-state index in [1.165, 1.54) is 0 Å². The summed E-state index contributed by atoms with van der Waals surface area (Å²) in [5.74, 6) is 1.55. The molecule has 1 fully saturated rings. The SMILES string of the molecule is COc1ccc2c(c1)CC(C(=O)Nc1ccc(-c3cn[nH]c3)cc1OC1CCN(C(=O)OCc3ccccc3)CC1)CO2. The first kappa shape index (κ1) is 28.1. The van der Waals surface area contributed by atoms with Crippen molar-refractivity contribution in [2.75, 3.05) is 32.1 Å². The summed E-state index contributed by atoms with van der Waals surface area (Å²) in [5, 5.41) is 9.97. The van der Waals surface area contributed by atoms with Crippen LogP contribution in [0.25, 0.3) is 11.1 Å². The number of aromatic amines is 1. The maximum atomic E-state index is 13.4. The Hall–Kier alpha value is -4.99. The lowest BCUT2D eigenvalue weighted by Gasteiger charge is -2.32. The molecule has 3 heterocycles. The number of carbonyl (C=O) groups is 2. The molecule has 0 radical (unpaired) electrons. The van der Waals surface area contributed by atoms with Crippen LogP contribution in [0.15, 0.2) is 79.1 Å². The van der Waals surface area contributed by atoms with Crippen LogP contribution in [0.4, 0.5) is 10.5 Å². The standard InChI is InChI=1S/C33H34N4O6/c1-40-28-8-10-30-24(16-28)15-25(21-41-30)32(38)36-29-9-7-23(26-18-34-35-19-26)17-31(29)43-27-11-13-37(14-12-27)33(39)42-20-22-5-3-2-4-6-22/h2-10,16-19,25,27H,11-15,20-21H2,1H3,(H,34,35)(H,36,38). The summed E-state index contributed by atoms with van der Waals surface area (Å²) >= 11 is 0. The van der Waals surface area contributed by atoms with Crippen LogP contribution >= 0.6 is 0 Å². The molecule has 10 nitrogen and oxygen atoms in total. The summed E-state index contributed by atoms with van der Waals surface area (Å²) in [6.45, 7) is 1.56. The molecule has 1 aromatic heterocycles. The van der Waals surface area contributed by atoms with Crippen molar-refractivity contribution >= 4 is 17.7 Å². The number of nitrogens with one attached hydrogen (secondary N) is 2. The van der Waals surface area contributed by atoms with E-state index in [1.54, 1.807) is 18.2 Å². The van der Waals surface area contributed by atoms with Gasteiger partial charge < -0.3 is 29.2 Å². The highest BCUT2D eigenvalue weighted by atomic mass is 16.6. The molecular weight excluding hydrogens is 548 g/mol. The number of methoxy groups -OCH3 is 1. The largest absolute Gasteiger partial charge is 0.497 e. The van der Waals surface area contributed by atoms with E-state index in [0.29, 0.717) is 43.8 Å². The first-order valence-electron chi connectivity index (χ1n) is 14.4. The number of anilines is 1. The van der Waals surface area contributed by atoms with Crippen molar-refractivity contribution in [3.05, 3.63) is 90.3 Å². The van der Waals surface area contributed by atoms with E-state index in [4.69, 9.17) is 18.9 Å². The highest BCUT2D eigenvalue weighted by molar-refractivity contribution is 5.95. The summed E-state index contributed by atoms with van der Waals surface area (Å²) in [5.41, 5.74) is 4.28. The molecule has 4 aromatic rings. The van der Waals surface area contributed by atoms with E-state index in [2.05, 4.69) is 15.5 Å². The van der Waals surface area contributed by atoms with E-state index < -0.39 is 0 Å². The Morgan fingerprint density at radius 2 is 1.88 bits per heavy atom. The van der Waals surface area contributed by atoms with Gasteiger partial charge in [0, 0.05) is 37.7 Å². The van der Waals surface area contributed by atoms with Crippen LogP contribution in [0.2, 0.25) is 0 Å². The zero-order valence-electron chi connectivity index (χ0n) is 24.0. The van der Waals surface area contributed by atoms with Crippen molar-refractivity contribution in [1.29, 1.82) is 0 Å². The normalized spacial score (nSPS) is 16.5. The molecule has 0 bridgehead atoms. The van der Waals surface area contributed by atoms with Gasteiger partial charge in [0.25, 0.3) is 0 Å². The Morgan fingerprint density at radius 3 is 2.65 bits per heavy atom. The first-order valence-corrected chi connectivity index (χ1v) is 14.4.